The Bertz CT molecular complexity index is 904. The van der Waals surface area contributed by atoms with Crippen molar-refractivity contribution in [2.75, 3.05) is 28.4 Å². The van der Waals surface area contributed by atoms with E-state index in [1.807, 2.05) is 0 Å². The van der Waals surface area contributed by atoms with E-state index in [1.54, 1.807) is 0 Å². The van der Waals surface area contributed by atoms with Crippen molar-refractivity contribution in [1.29, 1.82) is 0 Å². The van der Waals surface area contributed by atoms with Gasteiger partial charge in [-0.1, -0.05) is 0 Å². The minimum atomic E-state index is -4.41. The first kappa shape index (κ1) is 22.9. The summed E-state index contributed by atoms with van der Waals surface area (Å²) in [5, 5.41) is -0.555. The third-order valence-electron chi connectivity index (χ3n) is 3.87. The summed E-state index contributed by atoms with van der Waals surface area (Å²) < 4.78 is 45.7. The molecule has 0 fully saturated rings. The summed E-state index contributed by atoms with van der Waals surface area (Å²) in [5.41, 5.74) is -0.0675. The maximum Gasteiger partial charge on any atom is 0.318 e. The minimum Gasteiger partial charge on any atom is -0.497 e. The van der Waals surface area contributed by atoms with E-state index in [4.69, 9.17) is 41.4 Å². The number of halogens is 2. The molecule has 0 aliphatic heterocycles. The molecule has 0 aliphatic rings. The van der Waals surface area contributed by atoms with Crippen LogP contribution in [-0.2, 0) is 9.13 Å². The second-order valence-corrected chi connectivity index (χ2v) is 11.2. The van der Waals surface area contributed by atoms with Crippen molar-refractivity contribution >= 4 is 46.5 Å². The Balaban J connectivity index is 3.11. The summed E-state index contributed by atoms with van der Waals surface area (Å²) in [6, 6.07) is 5.32. The van der Waals surface area contributed by atoms with E-state index in [-0.39, 0.29) is 44.7 Å². The van der Waals surface area contributed by atoms with Crippen LogP contribution in [0, 0.1) is 0 Å². The van der Waals surface area contributed by atoms with Gasteiger partial charge in [-0.15, -0.1) is 0 Å². The highest BCUT2D eigenvalue weighted by molar-refractivity contribution is 7.91. The van der Waals surface area contributed by atoms with Gasteiger partial charge in [0.2, 0.25) is 0 Å². The molecule has 2 rings (SSSR count). The molecule has 2 N–H and O–H groups in total. The summed E-state index contributed by atoms with van der Waals surface area (Å²) >= 11 is 11.5. The van der Waals surface area contributed by atoms with Crippen molar-refractivity contribution < 1.29 is 37.9 Å². The lowest BCUT2D eigenvalue weighted by Crippen LogP contribution is -2.16. The summed E-state index contributed by atoms with van der Waals surface area (Å²) in [6.07, 6.45) is 0. The Morgan fingerprint density at radius 3 is 1.21 bits per heavy atom. The van der Waals surface area contributed by atoms with Gasteiger partial charge in [0.05, 0.1) is 39.0 Å². The Labute approximate surface area is 171 Å². The van der Waals surface area contributed by atoms with Gasteiger partial charge in [0, 0.05) is 23.3 Å². The molecule has 0 aromatic heterocycles. The SMILES string of the molecule is COc1cc(OC)c(-c2c(OC)cc(OC)cc2P(=O)(O)Cl)c(P(=O)(O)Cl)c1. The lowest BCUT2D eigenvalue weighted by Gasteiger charge is -2.22. The van der Waals surface area contributed by atoms with Crippen LogP contribution in [-0.4, -0.2) is 38.2 Å². The first-order chi connectivity index (χ1) is 13.0. The predicted molar refractivity (Wildman–Crippen MR) is 109 cm³/mol. The highest BCUT2D eigenvalue weighted by Gasteiger charge is 2.34. The quantitative estimate of drug-likeness (QED) is 0.591. The molecule has 0 heterocycles. The molecule has 28 heavy (non-hydrogen) atoms. The number of hydrogen-bond donors (Lipinski definition) is 2. The molecule has 0 saturated carbocycles. The molecule has 0 bridgehead atoms. The normalized spacial score (nSPS) is 15.3. The van der Waals surface area contributed by atoms with E-state index in [0.29, 0.717) is 0 Å². The first-order valence-electron chi connectivity index (χ1n) is 7.56. The van der Waals surface area contributed by atoms with Crippen LogP contribution in [0.15, 0.2) is 24.3 Å². The van der Waals surface area contributed by atoms with Crippen LogP contribution >= 0.6 is 35.9 Å². The molecule has 0 amide bonds. The lowest BCUT2D eigenvalue weighted by atomic mass is 10.0. The van der Waals surface area contributed by atoms with Gasteiger partial charge in [-0.05, 0) is 34.6 Å². The second-order valence-electron chi connectivity index (χ2n) is 5.45. The van der Waals surface area contributed by atoms with E-state index >= 15 is 0 Å². The van der Waals surface area contributed by atoms with Crippen molar-refractivity contribution in [2.24, 2.45) is 0 Å². The zero-order valence-corrected chi connectivity index (χ0v) is 18.6. The van der Waals surface area contributed by atoms with Gasteiger partial charge in [0.1, 0.15) is 23.0 Å². The number of rotatable bonds is 7. The van der Waals surface area contributed by atoms with Crippen LogP contribution in [0.2, 0.25) is 0 Å². The molecular weight excluding hydrogens is 453 g/mol. The summed E-state index contributed by atoms with van der Waals surface area (Å²) in [7, 11) is 5.34. The van der Waals surface area contributed by atoms with Gasteiger partial charge >= 0.3 is 13.4 Å². The van der Waals surface area contributed by atoms with Crippen molar-refractivity contribution in [1.82, 2.24) is 0 Å². The Kier molecular flexibility index (Phi) is 6.98. The molecule has 2 aromatic carbocycles. The van der Waals surface area contributed by atoms with Crippen molar-refractivity contribution in [3.8, 4) is 34.1 Å². The Morgan fingerprint density at radius 2 is 1.00 bits per heavy atom. The average Bonchev–Trinajstić information content (AvgIpc) is 2.64. The highest BCUT2D eigenvalue weighted by Crippen LogP contribution is 2.55. The van der Waals surface area contributed by atoms with Crippen molar-refractivity contribution in [2.45, 2.75) is 0 Å². The maximum atomic E-state index is 12.4. The average molecular weight is 471 g/mol. The molecule has 2 unspecified atom stereocenters. The Hall–Kier alpha value is -1.40. The third kappa shape index (κ3) is 4.60. The molecule has 12 heteroatoms. The van der Waals surface area contributed by atoms with Crippen LogP contribution in [0.25, 0.3) is 11.1 Å². The van der Waals surface area contributed by atoms with Crippen LogP contribution in [0.4, 0.5) is 0 Å². The summed E-state index contributed by atoms with van der Waals surface area (Å²) in [4.78, 5) is 20.2. The van der Waals surface area contributed by atoms with Gasteiger partial charge in [0.15, 0.2) is 0 Å². The number of hydrogen-bond acceptors (Lipinski definition) is 6. The second kappa shape index (κ2) is 8.54. The number of methoxy groups -OCH3 is 4. The number of ether oxygens (including phenoxy) is 4. The molecule has 0 saturated heterocycles. The van der Waals surface area contributed by atoms with Gasteiger partial charge in [-0.2, -0.15) is 0 Å². The van der Waals surface area contributed by atoms with Gasteiger partial charge in [-0.25, -0.2) is 0 Å². The van der Waals surface area contributed by atoms with E-state index in [2.05, 4.69) is 0 Å². The van der Waals surface area contributed by atoms with Gasteiger partial charge in [0.25, 0.3) is 0 Å². The van der Waals surface area contributed by atoms with Crippen LogP contribution in [0.5, 0.6) is 23.0 Å². The standard InChI is InChI=1S/C16H18Cl2O8P2/c1-23-9-5-11(25-3)15(13(7-9)27(17,19)20)16-12(26-4)6-10(24-2)8-14(16)28(18,21)22/h5-8H,1-4H3,(H,19,20)(H,21,22). The zero-order valence-electron chi connectivity index (χ0n) is 15.3. The molecule has 0 radical (unpaired) electrons. The fourth-order valence-corrected chi connectivity index (χ4v) is 5.02. The largest absolute Gasteiger partial charge is 0.497 e. The van der Waals surface area contributed by atoms with Crippen LogP contribution < -0.4 is 29.6 Å². The summed E-state index contributed by atoms with van der Waals surface area (Å²) in [6.45, 7) is -8.82. The molecule has 2 aromatic rings. The first-order valence-corrected chi connectivity index (χ1v) is 12.7. The number of benzene rings is 2. The van der Waals surface area contributed by atoms with E-state index in [9.17, 15) is 18.9 Å². The third-order valence-corrected chi connectivity index (χ3v) is 6.85. The molecule has 2 atom stereocenters. The van der Waals surface area contributed by atoms with Crippen molar-refractivity contribution in [3.05, 3.63) is 24.3 Å². The zero-order chi connectivity index (χ0) is 21.3. The van der Waals surface area contributed by atoms with Crippen LogP contribution in [0.1, 0.15) is 0 Å². The van der Waals surface area contributed by atoms with Gasteiger partial charge < -0.3 is 28.7 Å². The van der Waals surface area contributed by atoms with E-state index in [0.717, 1.165) is 0 Å². The summed E-state index contributed by atoms with van der Waals surface area (Å²) in [5.74, 6) is 0.494. The fraction of sp³-hybridized carbons (Fsp3) is 0.250. The minimum absolute atomic E-state index is 0.0337. The van der Waals surface area contributed by atoms with E-state index < -0.39 is 13.4 Å². The van der Waals surface area contributed by atoms with Gasteiger partial charge in [-0.3, -0.25) is 9.13 Å². The molecule has 0 spiro atoms. The molecule has 154 valence electrons. The fourth-order valence-electron chi connectivity index (χ4n) is 2.65. The monoisotopic (exact) mass is 470 g/mol. The maximum absolute atomic E-state index is 12.4. The molecule has 8 nitrogen and oxygen atoms in total. The Morgan fingerprint density at radius 1 is 0.679 bits per heavy atom. The smallest absolute Gasteiger partial charge is 0.318 e. The highest BCUT2D eigenvalue weighted by atomic mass is 35.7. The van der Waals surface area contributed by atoms with Crippen LogP contribution in [0.3, 0.4) is 0 Å². The lowest BCUT2D eigenvalue weighted by molar-refractivity contribution is 0.391. The van der Waals surface area contributed by atoms with Crippen molar-refractivity contribution in [3.63, 3.8) is 0 Å². The topological polar surface area (TPSA) is 112 Å². The predicted octanol–water partition coefficient (Wildman–Crippen LogP) is 3.49. The molecule has 0 aliphatic carbocycles. The van der Waals surface area contributed by atoms with E-state index in [1.165, 1.54) is 52.7 Å². The molecular formula is C16H18Cl2O8P2.